The van der Waals surface area contributed by atoms with Crippen LogP contribution in [0, 0.1) is 5.41 Å². The number of rotatable bonds is 8. The minimum atomic E-state index is -0.794. The Morgan fingerprint density at radius 2 is 1.93 bits per heavy atom. The SMILES string of the molecule is COCC(C)(C)CNC(=O)C1CCCN1C(=O)C(NC(C)=O)c1ccccc1. The lowest BCUT2D eigenvalue weighted by Gasteiger charge is -2.30. The van der Waals surface area contributed by atoms with E-state index in [1.807, 2.05) is 32.0 Å². The van der Waals surface area contributed by atoms with Crippen molar-refractivity contribution >= 4 is 17.7 Å². The van der Waals surface area contributed by atoms with E-state index in [4.69, 9.17) is 4.74 Å². The summed E-state index contributed by atoms with van der Waals surface area (Å²) in [5, 5.41) is 5.68. The molecule has 1 saturated heterocycles. The number of methoxy groups -OCH3 is 1. The maximum atomic E-state index is 13.2. The van der Waals surface area contributed by atoms with Crippen LogP contribution in [0.1, 0.15) is 45.2 Å². The summed E-state index contributed by atoms with van der Waals surface area (Å²) in [6.45, 7) is 6.90. The highest BCUT2D eigenvalue weighted by atomic mass is 16.5. The number of carbonyl (C=O) groups excluding carboxylic acids is 3. The highest BCUT2D eigenvalue weighted by molar-refractivity contribution is 5.93. The maximum Gasteiger partial charge on any atom is 0.250 e. The van der Waals surface area contributed by atoms with Gasteiger partial charge in [0.15, 0.2) is 0 Å². The summed E-state index contributed by atoms with van der Waals surface area (Å²) in [4.78, 5) is 39.2. The molecule has 2 rings (SSSR count). The summed E-state index contributed by atoms with van der Waals surface area (Å²) in [7, 11) is 1.63. The van der Waals surface area contributed by atoms with Crippen molar-refractivity contribution < 1.29 is 19.1 Å². The topological polar surface area (TPSA) is 87.7 Å². The van der Waals surface area contributed by atoms with E-state index in [9.17, 15) is 14.4 Å². The van der Waals surface area contributed by atoms with Crippen LogP contribution in [0.15, 0.2) is 30.3 Å². The smallest absolute Gasteiger partial charge is 0.250 e. The molecule has 1 fully saturated rings. The Bertz CT molecular complexity index is 690. The molecule has 2 N–H and O–H groups in total. The summed E-state index contributed by atoms with van der Waals surface area (Å²) in [6, 6.07) is 7.79. The molecule has 7 heteroatoms. The van der Waals surface area contributed by atoms with Gasteiger partial charge in [-0.25, -0.2) is 0 Å². The normalized spacial score (nSPS) is 17.9. The zero-order valence-corrected chi connectivity index (χ0v) is 17.2. The van der Waals surface area contributed by atoms with E-state index >= 15 is 0 Å². The first-order valence-corrected chi connectivity index (χ1v) is 9.64. The van der Waals surface area contributed by atoms with Crippen molar-refractivity contribution in [3.8, 4) is 0 Å². The van der Waals surface area contributed by atoms with Crippen LogP contribution in [-0.2, 0) is 19.1 Å². The van der Waals surface area contributed by atoms with Crippen molar-refractivity contribution in [3.63, 3.8) is 0 Å². The minimum Gasteiger partial charge on any atom is -0.384 e. The Hall–Kier alpha value is -2.41. The molecule has 1 aliphatic heterocycles. The van der Waals surface area contributed by atoms with E-state index in [0.717, 1.165) is 6.42 Å². The fourth-order valence-electron chi connectivity index (χ4n) is 3.49. The molecule has 1 aromatic rings. The predicted molar refractivity (Wildman–Crippen MR) is 106 cm³/mol. The van der Waals surface area contributed by atoms with Crippen molar-refractivity contribution in [3.05, 3.63) is 35.9 Å². The molecule has 1 heterocycles. The van der Waals surface area contributed by atoms with Crippen LogP contribution in [0.2, 0.25) is 0 Å². The molecule has 154 valence electrons. The number of ether oxygens (including phenoxy) is 1. The van der Waals surface area contributed by atoms with Crippen molar-refractivity contribution in [2.75, 3.05) is 26.8 Å². The van der Waals surface area contributed by atoms with Crippen LogP contribution in [0.4, 0.5) is 0 Å². The van der Waals surface area contributed by atoms with Crippen molar-refractivity contribution in [1.82, 2.24) is 15.5 Å². The van der Waals surface area contributed by atoms with Gasteiger partial charge in [0.25, 0.3) is 0 Å². The van der Waals surface area contributed by atoms with E-state index in [1.54, 1.807) is 24.1 Å². The van der Waals surface area contributed by atoms with Gasteiger partial charge in [-0.3, -0.25) is 14.4 Å². The molecular weight excluding hydrogens is 358 g/mol. The number of benzene rings is 1. The predicted octanol–water partition coefficient (Wildman–Crippen LogP) is 1.64. The maximum absolute atomic E-state index is 13.2. The fourth-order valence-corrected chi connectivity index (χ4v) is 3.49. The zero-order chi connectivity index (χ0) is 20.7. The summed E-state index contributed by atoms with van der Waals surface area (Å²) >= 11 is 0. The Kier molecular flexibility index (Phi) is 7.57. The highest BCUT2D eigenvalue weighted by Crippen LogP contribution is 2.24. The Morgan fingerprint density at radius 1 is 1.25 bits per heavy atom. The molecule has 1 aliphatic rings. The molecule has 7 nitrogen and oxygen atoms in total. The number of carbonyl (C=O) groups is 3. The number of amides is 3. The summed E-state index contributed by atoms with van der Waals surface area (Å²) in [5.41, 5.74) is 0.510. The second-order valence-corrected chi connectivity index (χ2v) is 8.05. The van der Waals surface area contributed by atoms with E-state index in [1.165, 1.54) is 6.92 Å². The third-order valence-corrected chi connectivity index (χ3v) is 4.84. The minimum absolute atomic E-state index is 0.162. The third-order valence-electron chi connectivity index (χ3n) is 4.84. The molecule has 0 bridgehead atoms. The second-order valence-electron chi connectivity index (χ2n) is 8.05. The Morgan fingerprint density at radius 3 is 2.54 bits per heavy atom. The van der Waals surface area contributed by atoms with Crippen LogP contribution >= 0.6 is 0 Å². The van der Waals surface area contributed by atoms with Crippen molar-refractivity contribution in [2.45, 2.75) is 45.7 Å². The number of hydrogen-bond donors (Lipinski definition) is 2. The van der Waals surface area contributed by atoms with Gasteiger partial charge in [-0.2, -0.15) is 0 Å². The second kappa shape index (κ2) is 9.68. The third kappa shape index (κ3) is 5.79. The standard InChI is InChI=1S/C21H31N3O4/c1-15(25)23-18(16-9-6-5-7-10-16)20(27)24-12-8-11-17(24)19(26)22-13-21(2,3)14-28-4/h5-7,9-10,17-18H,8,11-14H2,1-4H3,(H,22,26)(H,23,25). The monoisotopic (exact) mass is 389 g/mol. The summed E-state index contributed by atoms with van der Waals surface area (Å²) in [6.07, 6.45) is 1.37. The van der Waals surface area contributed by atoms with Gasteiger partial charge in [0.2, 0.25) is 17.7 Å². The molecule has 3 amide bonds. The van der Waals surface area contributed by atoms with Crippen molar-refractivity contribution in [2.24, 2.45) is 5.41 Å². The van der Waals surface area contributed by atoms with Crippen molar-refractivity contribution in [1.29, 1.82) is 0 Å². The molecule has 0 aromatic heterocycles. The van der Waals surface area contributed by atoms with Gasteiger partial charge < -0.3 is 20.3 Å². The van der Waals surface area contributed by atoms with E-state index in [0.29, 0.717) is 31.7 Å². The van der Waals surface area contributed by atoms with E-state index < -0.39 is 12.1 Å². The quantitative estimate of drug-likeness (QED) is 0.708. The van der Waals surface area contributed by atoms with E-state index in [2.05, 4.69) is 10.6 Å². The molecule has 2 unspecified atom stereocenters. The van der Waals surface area contributed by atoms with Gasteiger partial charge in [-0.05, 0) is 18.4 Å². The highest BCUT2D eigenvalue weighted by Gasteiger charge is 2.38. The van der Waals surface area contributed by atoms with Gasteiger partial charge in [0, 0.05) is 32.5 Å². The zero-order valence-electron chi connectivity index (χ0n) is 17.2. The summed E-state index contributed by atoms with van der Waals surface area (Å²) in [5.74, 6) is -0.705. The lowest BCUT2D eigenvalue weighted by molar-refractivity contribution is -0.141. The number of nitrogens with one attached hydrogen (secondary N) is 2. The lowest BCUT2D eigenvalue weighted by atomic mass is 9.94. The molecule has 0 spiro atoms. The fraction of sp³-hybridized carbons (Fsp3) is 0.571. The largest absolute Gasteiger partial charge is 0.384 e. The Labute approximate surface area is 166 Å². The average molecular weight is 389 g/mol. The van der Waals surface area contributed by atoms with Gasteiger partial charge in [-0.1, -0.05) is 44.2 Å². The number of nitrogens with zero attached hydrogens (tertiary/aromatic N) is 1. The Balaban J connectivity index is 2.11. The molecule has 0 radical (unpaired) electrons. The van der Waals surface area contributed by atoms with Crippen LogP contribution in [0.25, 0.3) is 0 Å². The van der Waals surface area contributed by atoms with Crippen LogP contribution < -0.4 is 10.6 Å². The lowest BCUT2D eigenvalue weighted by Crippen LogP contribution is -2.51. The first-order chi connectivity index (χ1) is 13.2. The van der Waals surface area contributed by atoms with Gasteiger partial charge in [0.1, 0.15) is 12.1 Å². The molecule has 2 atom stereocenters. The molecule has 1 aromatic carbocycles. The first-order valence-electron chi connectivity index (χ1n) is 9.64. The van der Waals surface area contributed by atoms with Crippen LogP contribution in [0.5, 0.6) is 0 Å². The van der Waals surface area contributed by atoms with Gasteiger partial charge in [0.05, 0.1) is 6.61 Å². The number of likely N-dealkylation sites (tertiary alicyclic amines) is 1. The molecule has 0 aliphatic carbocycles. The summed E-state index contributed by atoms with van der Waals surface area (Å²) < 4.78 is 5.19. The van der Waals surface area contributed by atoms with E-state index in [-0.39, 0.29) is 23.1 Å². The average Bonchev–Trinajstić information content (AvgIpc) is 3.14. The number of hydrogen-bond acceptors (Lipinski definition) is 4. The van der Waals surface area contributed by atoms with Crippen LogP contribution in [0.3, 0.4) is 0 Å². The molecular formula is C21H31N3O4. The molecule has 0 saturated carbocycles. The van der Waals surface area contributed by atoms with Gasteiger partial charge in [-0.15, -0.1) is 0 Å². The van der Waals surface area contributed by atoms with Crippen LogP contribution in [-0.4, -0.2) is 55.5 Å². The first kappa shape index (κ1) is 21.9. The van der Waals surface area contributed by atoms with Gasteiger partial charge >= 0.3 is 0 Å². The molecule has 28 heavy (non-hydrogen) atoms.